The summed E-state index contributed by atoms with van der Waals surface area (Å²) in [5.74, 6) is -7.22. The fourth-order valence-electron chi connectivity index (χ4n) is 10.8. The van der Waals surface area contributed by atoms with E-state index in [1.54, 1.807) is 6.92 Å². The molecule has 0 aliphatic heterocycles. The topological polar surface area (TPSA) is 140 Å². The number of hydrogen-bond donors (Lipinski definition) is 3. The molecule has 0 spiro atoms. The monoisotopic (exact) mass is 1100 g/mol. The Labute approximate surface area is 407 Å². The first kappa shape index (κ1) is 63.5. The fraction of sp³-hybridized carbons (Fsp3) is 0.804. The van der Waals surface area contributed by atoms with Crippen molar-refractivity contribution in [2.75, 3.05) is 0 Å². The molecule has 6 rings (SSSR count). The number of rotatable bonds is 11. The Morgan fingerprint density at radius 3 is 1.19 bits per heavy atom. The Morgan fingerprint density at radius 1 is 0.521 bits per heavy atom. The lowest BCUT2D eigenvalue weighted by atomic mass is 9.50. The van der Waals surface area contributed by atoms with E-state index in [9.17, 15) is 109 Å². The normalized spacial score (nSPS) is 27.8. The Bertz CT molecular complexity index is 1880. The lowest BCUT2D eigenvalue weighted by molar-refractivity contribution is -0.405. The van der Waals surface area contributed by atoms with Gasteiger partial charge in [-0.2, -0.15) is 79.0 Å². The van der Waals surface area contributed by atoms with Gasteiger partial charge in [0.15, 0.2) is 0 Å². The second-order valence-electron chi connectivity index (χ2n) is 20.3. The number of esters is 3. The number of halogens is 18. The summed E-state index contributed by atoms with van der Waals surface area (Å²) in [4.78, 5) is 35.0. The van der Waals surface area contributed by atoms with Crippen LogP contribution in [0.15, 0.2) is 36.5 Å². The molecule has 73 heavy (non-hydrogen) atoms. The first-order valence-corrected chi connectivity index (χ1v) is 22.9. The van der Waals surface area contributed by atoms with Crippen molar-refractivity contribution < 1.29 is 123 Å². The van der Waals surface area contributed by atoms with Crippen LogP contribution in [0.3, 0.4) is 0 Å². The molecule has 6 saturated carbocycles. The van der Waals surface area contributed by atoms with Gasteiger partial charge >= 0.3 is 55.0 Å². The van der Waals surface area contributed by atoms with Crippen LogP contribution in [-0.4, -0.2) is 105 Å². The van der Waals surface area contributed by atoms with E-state index in [4.69, 9.17) is 9.47 Å². The lowest BCUT2D eigenvalue weighted by Crippen LogP contribution is -2.67. The highest BCUT2D eigenvalue weighted by Crippen LogP contribution is 2.61. The summed E-state index contributed by atoms with van der Waals surface area (Å²) < 4.78 is 251. The van der Waals surface area contributed by atoms with Crippen LogP contribution >= 0.6 is 0 Å². The van der Waals surface area contributed by atoms with E-state index in [-0.39, 0.29) is 17.1 Å². The van der Waals surface area contributed by atoms with Gasteiger partial charge in [0.25, 0.3) is 16.8 Å². The largest absolute Gasteiger partial charge is 0.459 e. The summed E-state index contributed by atoms with van der Waals surface area (Å²) in [5.41, 5.74) is -16.8. The van der Waals surface area contributed by atoms with Crippen LogP contribution in [0.25, 0.3) is 0 Å². The zero-order chi connectivity index (χ0) is 56.7. The lowest BCUT2D eigenvalue weighted by Gasteiger charge is -2.59. The summed E-state index contributed by atoms with van der Waals surface area (Å²) in [5, 5.41) is 28.4. The minimum atomic E-state index is -6.59. The molecule has 0 saturated heterocycles. The summed E-state index contributed by atoms with van der Waals surface area (Å²) in [6, 6.07) is 0. The Kier molecular flexibility index (Phi) is 19.2. The highest BCUT2D eigenvalue weighted by Gasteiger charge is 2.79. The van der Waals surface area contributed by atoms with Gasteiger partial charge in [0, 0.05) is 35.0 Å². The van der Waals surface area contributed by atoms with Crippen molar-refractivity contribution in [3.05, 3.63) is 36.5 Å². The van der Waals surface area contributed by atoms with Gasteiger partial charge in [-0.15, -0.1) is 0 Å². The Hall–Kier alpha value is -3.75. The molecule has 6 aliphatic carbocycles. The second-order valence-corrected chi connectivity index (χ2v) is 20.3. The van der Waals surface area contributed by atoms with Crippen LogP contribution in [0, 0.1) is 41.4 Å². The first-order chi connectivity index (χ1) is 32.7. The molecule has 0 aromatic rings. The number of carbonyl (C=O) groups is 3. The van der Waals surface area contributed by atoms with E-state index in [2.05, 4.69) is 31.4 Å². The molecule has 3 N–H and O–H groups in total. The van der Waals surface area contributed by atoms with Gasteiger partial charge in [0.1, 0.15) is 17.8 Å². The molecule has 3 unspecified atom stereocenters. The van der Waals surface area contributed by atoms with Crippen molar-refractivity contribution in [1.29, 1.82) is 0 Å². The molecule has 6 fully saturated rings. The van der Waals surface area contributed by atoms with Crippen molar-refractivity contribution in [3.63, 3.8) is 0 Å². The molecule has 422 valence electrons. The highest BCUT2D eigenvalue weighted by molar-refractivity contribution is 5.88. The quantitative estimate of drug-likeness (QED) is 0.0798. The molecule has 4 bridgehead atoms. The first-order valence-electron chi connectivity index (χ1n) is 22.9. The molecular weight excluding hydrogens is 1040 g/mol. The maximum absolute atomic E-state index is 13.2. The van der Waals surface area contributed by atoms with Crippen molar-refractivity contribution >= 4 is 17.9 Å². The van der Waals surface area contributed by atoms with Gasteiger partial charge in [0.05, 0.1) is 0 Å². The molecule has 0 heterocycles. The SMILES string of the molecule is C=C(C)C(=O)OC(CC(O)(C(F)(F)F)C(F)(F)F)C1CCCCC1.C=C(C)C(=O)OC1(C)C2CC3CC(C2)CC1C3.C=C(C)C(=O)OC1CC(C(O)(C(F)(F)F)C(F)(F)F)CC(C(O)(C(F)(F)F)C(F)(F)F)C1. The average Bonchev–Trinajstić information content (AvgIpc) is 3.22. The third-order valence-corrected chi connectivity index (χ3v) is 14.8. The van der Waals surface area contributed by atoms with Crippen molar-refractivity contribution in [2.24, 2.45) is 41.4 Å². The van der Waals surface area contributed by atoms with Crippen molar-refractivity contribution in [2.45, 2.75) is 189 Å². The fourth-order valence-corrected chi connectivity index (χ4v) is 10.8. The van der Waals surface area contributed by atoms with Crippen LogP contribution in [-0.2, 0) is 28.6 Å². The summed E-state index contributed by atoms with van der Waals surface area (Å²) in [7, 11) is 0. The molecule has 9 nitrogen and oxygen atoms in total. The number of hydrogen-bond acceptors (Lipinski definition) is 9. The van der Waals surface area contributed by atoms with Gasteiger partial charge in [0.2, 0.25) is 0 Å². The predicted molar refractivity (Wildman–Crippen MR) is 219 cm³/mol. The van der Waals surface area contributed by atoms with Gasteiger partial charge in [-0.3, -0.25) is 0 Å². The van der Waals surface area contributed by atoms with Gasteiger partial charge < -0.3 is 29.5 Å². The van der Waals surface area contributed by atoms with Crippen LogP contribution in [0.1, 0.15) is 118 Å². The molecule has 0 radical (unpaired) electrons. The van der Waals surface area contributed by atoms with E-state index in [0.29, 0.717) is 43.1 Å². The van der Waals surface area contributed by atoms with Crippen LogP contribution in [0.4, 0.5) is 79.0 Å². The predicted octanol–water partition coefficient (Wildman–Crippen LogP) is 12.2. The molecular formula is C46H58F18O9. The Balaban J connectivity index is 0.000000302. The van der Waals surface area contributed by atoms with Crippen LogP contribution in [0.5, 0.6) is 0 Å². The molecule has 3 atom stereocenters. The second kappa shape index (κ2) is 22.1. The van der Waals surface area contributed by atoms with E-state index < -0.39 is 127 Å². The summed E-state index contributed by atoms with van der Waals surface area (Å²) in [6.07, 6.45) is -40.3. The van der Waals surface area contributed by atoms with Gasteiger partial charge in [-0.25, -0.2) is 14.4 Å². The minimum absolute atomic E-state index is 0.140. The van der Waals surface area contributed by atoms with E-state index >= 15 is 0 Å². The minimum Gasteiger partial charge on any atom is -0.459 e. The maximum atomic E-state index is 13.2. The zero-order valence-electron chi connectivity index (χ0n) is 39.8. The van der Waals surface area contributed by atoms with E-state index in [1.165, 1.54) is 39.0 Å². The van der Waals surface area contributed by atoms with Gasteiger partial charge in [-0.1, -0.05) is 39.0 Å². The van der Waals surface area contributed by atoms with E-state index in [1.807, 2.05) is 0 Å². The average molecular weight is 1100 g/mol. The zero-order valence-corrected chi connectivity index (χ0v) is 39.8. The third kappa shape index (κ3) is 13.6. The van der Waals surface area contributed by atoms with Crippen LogP contribution < -0.4 is 0 Å². The van der Waals surface area contributed by atoms with Crippen molar-refractivity contribution in [1.82, 2.24) is 0 Å². The summed E-state index contributed by atoms with van der Waals surface area (Å²) in [6.45, 7) is 16.1. The number of carbonyl (C=O) groups excluding carboxylic acids is 3. The van der Waals surface area contributed by atoms with Crippen molar-refractivity contribution in [3.8, 4) is 0 Å². The molecule has 6 aliphatic rings. The smallest absolute Gasteiger partial charge is 0.426 e. The highest BCUT2D eigenvalue weighted by atomic mass is 19.4. The standard InChI is InChI=1S/C16H16F12O4.C15H20F6O3.C15H22O2/c1-6(2)10(29)32-9-4-7(11(30,13(17,18)19)14(20,21)22)3-8(5-9)12(31,15(23,24)25)16(26,27)28;1-9(2)12(22)24-11(10-6-4-3-5-7-10)8-13(23,14(16,17)18)15(19,20)21;1-9(2)14(16)17-15(3)12-5-10-4-11(7-12)8-13(15)6-10/h7-9,30-31H,1,3-5H2,2H3;10-11,23H,1,3-8H2,2H3;10-13H,1,4-8H2,2-3H3. The van der Waals surface area contributed by atoms with Crippen LogP contribution in [0.2, 0.25) is 0 Å². The Morgan fingerprint density at radius 2 is 0.877 bits per heavy atom. The van der Waals surface area contributed by atoms with E-state index in [0.717, 1.165) is 25.2 Å². The number of aliphatic hydroxyl groups is 3. The van der Waals surface area contributed by atoms with Gasteiger partial charge in [-0.05, 0) is 121 Å². The maximum Gasteiger partial charge on any atom is 0.426 e. The third-order valence-electron chi connectivity index (χ3n) is 14.8. The molecule has 0 amide bonds. The summed E-state index contributed by atoms with van der Waals surface area (Å²) >= 11 is 0. The molecule has 0 aromatic carbocycles. The molecule has 27 heteroatoms. The number of alkyl halides is 18. The molecule has 0 aromatic heterocycles. The number of ether oxygens (including phenoxy) is 3.